The molecule has 0 aliphatic carbocycles. The minimum absolute atomic E-state index is 0.0337. The van der Waals surface area contributed by atoms with E-state index < -0.39 is 5.91 Å². The lowest BCUT2D eigenvalue weighted by atomic mass is 10.1. The van der Waals surface area contributed by atoms with Crippen LogP contribution in [0.5, 0.6) is 17.2 Å². The lowest BCUT2D eigenvalue weighted by Gasteiger charge is -2.12. The summed E-state index contributed by atoms with van der Waals surface area (Å²) in [4.78, 5) is 12.5. The standard InChI is InChI=1S/C25H21FN2O4/c1-30-21-10-8-20(9-11-21)28-25(29)19(15-27)13-17-7-12-23(24(14-17)31-2)32-16-18-5-3-4-6-22(18)26/h3-14H,16H2,1-2H3,(H,28,29)/b19-13+. The summed E-state index contributed by atoms with van der Waals surface area (Å²) in [5, 5.41) is 12.1. The Morgan fingerprint density at radius 1 is 1.03 bits per heavy atom. The molecule has 0 fully saturated rings. The first-order chi connectivity index (χ1) is 15.5. The number of ether oxygens (including phenoxy) is 3. The fourth-order valence-corrected chi connectivity index (χ4v) is 2.85. The van der Waals surface area contributed by atoms with Crippen molar-refractivity contribution in [1.29, 1.82) is 5.26 Å². The van der Waals surface area contributed by atoms with E-state index in [1.54, 1.807) is 67.8 Å². The highest BCUT2D eigenvalue weighted by molar-refractivity contribution is 6.09. The van der Waals surface area contributed by atoms with Gasteiger partial charge in [0, 0.05) is 11.3 Å². The third-order valence-corrected chi connectivity index (χ3v) is 4.55. The maximum absolute atomic E-state index is 13.8. The van der Waals surface area contributed by atoms with Crippen molar-refractivity contribution in [2.24, 2.45) is 0 Å². The molecule has 0 aliphatic heterocycles. The second kappa shape index (κ2) is 10.6. The monoisotopic (exact) mass is 432 g/mol. The zero-order chi connectivity index (χ0) is 22.9. The van der Waals surface area contributed by atoms with E-state index in [4.69, 9.17) is 14.2 Å². The highest BCUT2D eigenvalue weighted by atomic mass is 19.1. The second-order valence-corrected chi connectivity index (χ2v) is 6.64. The normalized spacial score (nSPS) is 10.8. The molecule has 0 spiro atoms. The largest absolute Gasteiger partial charge is 0.497 e. The van der Waals surface area contributed by atoms with Crippen molar-refractivity contribution in [2.45, 2.75) is 6.61 Å². The van der Waals surface area contributed by atoms with E-state index in [0.29, 0.717) is 34.1 Å². The minimum Gasteiger partial charge on any atom is -0.497 e. The van der Waals surface area contributed by atoms with Gasteiger partial charge in [0.05, 0.1) is 14.2 Å². The molecule has 0 saturated carbocycles. The molecule has 7 heteroatoms. The van der Waals surface area contributed by atoms with Gasteiger partial charge in [-0.15, -0.1) is 0 Å². The van der Waals surface area contributed by atoms with Crippen LogP contribution in [0.15, 0.2) is 72.3 Å². The molecule has 1 N–H and O–H groups in total. The number of methoxy groups -OCH3 is 2. The summed E-state index contributed by atoms with van der Waals surface area (Å²) in [6, 6.07) is 20.0. The molecule has 6 nitrogen and oxygen atoms in total. The van der Waals surface area contributed by atoms with Crippen molar-refractivity contribution in [3.8, 4) is 23.3 Å². The molecule has 1 amide bonds. The third-order valence-electron chi connectivity index (χ3n) is 4.55. The number of anilines is 1. The molecule has 0 radical (unpaired) electrons. The zero-order valence-electron chi connectivity index (χ0n) is 17.6. The molecular formula is C25H21FN2O4. The van der Waals surface area contributed by atoms with E-state index >= 15 is 0 Å². The maximum atomic E-state index is 13.8. The first-order valence-electron chi connectivity index (χ1n) is 9.65. The molecule has 3 rings (SSSR count). The Kier molecular flexibility index (Phi) is 7.44. The Balaban J connectivity index is 1.74. The summed E-state index contributed by atoms with van der Waals surface area (Å²) < 4.78 is 29.9. The smallest absolute Gasteiger partial charge is 0.266 e. The fraction of sp³-hybridized carbons (Fsp3) is 0.120. The van der Waals surface area contributed by atoms with Crippen molar-refractivity contribution in [1.82, 2.24) is 0 Å². The number of amides is 1. The number of hydrogen-bond acceptors (Lipinski definition) is 5. The van der Waals surface area contributed by atoms with E-state index in [0.717, 1.165) is 0 Å². The van der Waals surface area contributed by atoms with Gasteiger partial charge in [0.1, 0.15) is 29.8 Å². The van der Waals surface area contributed by atoms with Crippen LogP contribution in [0.3, 0.4) is 0 Å². The topological polar surface area (TPSA) is 80.6 Å². The van der Waals surface area contributed by atoms with Gasteiger partial charge in [0.2, 0.25) is 0 Å². The number of carbonyl (C=O) groups excluding carboxylic acids is 1. The Bertz CT molecular complexity index is 1170. The lowest BCUT2D eigenvalue weighted by molar-refractivity contribution is -0.112. The second-order valence-electron chi connectivity index (χ2n) is 6.64. The van der Waals surface area contributed by atoms with E-state index in [2.05, 4.69) is 5.32 Å². The van der Waals surface area contributed by atoms with Crippen LogP contribution in [0, 0.1) is 17.1 Å². The van der Waals surface area contributed by atoms with Crippen molar-refractivity contribution < 1.29 is 23.4 Å². The molecule has 0 unspecified atom stereocenters. The number of nitrogens with zero attached hydrogens (tertiary/aromatic N) is 1. The number of nitriles is 1. The number of benzene rings is 3. The summed E-state index contributed by atoms with van der Waals surface area (Å²) in [5.41, 5.74) is 1.44. The number of rotatable bonds is 8. The molecule has 0 heterocycles. The Labute approximate surface area is 185 Å². The van der Waals surface area contributed by atoms with E-state index in [-0.39, 0.29) is 18.0 Å². The average Bonchev–Trinajstić information content (AvgIpc) is 2.82. The van der Waals surface area contributed by atoms with Crippen LogP contribution in [0.4, 0.5) is 10.1 Å². The highest BCUT2D eigenvalue weighted by Crippen LogP contribution is 2.30. The van der Waals surface area contributed by atoms with E-state index in [1.807, 2.05) is 6.07 Å². The van der Waals surface area contributed by atoms with Gasteiger partial charge in [-0.3, -0.25) is 4.79 Å². The summed E-state index contributed by atoms with van der Waals surface area (Å²) >= 11 is 0. The third kappa shape index (κ3) is 5.64. The van der Waals surface area contributed by atoms with Crippen LogP contribution in [0.2, 0.25) is 0 Å². The first-order valence-corrected chi connectivity index (χ1v) is 9.65. The van der Waals surface area contributed by atoms with Crippen LogP contribution in [0.25, 0.3) is 6.08 Å². The van der Waals surface area contributed by atoms with Crippen molar-refractivity contribution in [3.05, 3.63) is 89.2 Å². The fourth-order valence-electron chi connectivity index (χ4n) is 2.85. The maximum Gasteiger partial charge on any atom is 0.266 e. The predicted octanol–water partition coefficient (Wildman–Crippen LogP) is 4.97. The number of halogens is 1. The number of nitrogens with one attached hydrogen (secondary N) is 1. The molecule has 0 atom stereocenters. The van der Waals surface area contributed by atoms with Crippen LogP contribution in [-0.4, -0.2) is 20.1 Å². The van der Waals surface area contributed by atoms with Crippen molar-refractivity contribution >= 4 is 17.7 Å². The summed E-state index contributed by atoms with van der Waals surface area (Å²) in [6.45, 7) is 0.0337. The number of carbonyl (C=O) groups is 1. The zero-order valence-corrected chi connectivity index (χ0v) is 17.6. The van der Waals surface area contributed by atoms with Gasteiger partial charge in [-0.05, 0) is 54.1 Å². The van der Waals surface area contributed by atoms with Gasteiger partial charge in [0.15, 0.2) is 11.5 Å². The van der Waals surface area contributed by atoms with Gasteiger partial charge in [-0.2, -0.15) is 5.26 Å². The van der Waals surface area contributed by atoms with Gasteiger partial charge >= 0.3 is 0 Å². The van der Waals surface area contributed by atoms with Gasteiger partial charge < -0.3 is 19.5 Å². The van der Waals surface area contributed by atoms with E-state index in [1.165, 1.54) is 19.3 Å². The summed E-state index contributed by atoms with van der Waals surface area (Å²) in [7, 11) is 3.02. The minimum atomic E-state index is -0.545. The van der Waals surface area contributed by atoms with Crippen LogP contribution in [0.1, 0.15) is 11.1 Å². The molecule has 0 bridgehead atoms. The molecular weight excluding hydrogens is 411 g/mol. The molecule has 0 saturated heterocycles. The molecule has 0 aliphatic rings. The van der Waals surface area contributed by atoms with Gasteiger partial charge in [-0.1, -0.05) is 24.3 Å². The van der Waals surface area contributed by atoms with Crippen molar-refractivity contribution in [2.75, 3.05) is 19.5 Å². The average molecular weight is 432 g/mol. The number of hydrogen-bond donors (Lipinski definition) is 1. The molecule has 32 heavy (non-hydrogen) atoms. The molecule has 3 aromatic rings. The Morgan fingerprint density at radius 2 is 1.78 bits per heavy atom. The van der Waals surface area contributed by atoms with Crippen LogP contribution < -0.4 is 19.5 Å². The van der Waals surface area contributed by atoms with Gasteiger partial charge in [-0.25, -0.2) is 4.39 Å². The van der Waals surface area contributed by atoms with Crippen molar-refractivity contribution in [3.63, 3.8) is 0 Å². The predicted molar refractivity (Wildman–Crippen MR) is 119 cm³/mol. The quantitative estimate of drug-likeness (QED) is 0.402. The molecule has 0 aromatic heterocycles. The Hall–Kier alpha value is -4.31. The van der Waals surface area contributed by atoms with E-state index in [9.17, 15) is 14.4 Å². The Morgan fingerprint density at radius 3 is 2.44 bits per heavy atom. The summed E-state index contributed by atoms with van der Waals surface area (Å²) in [6.07, 6.45) is 1.45. The van der Waals surface area contributed by atoms with Crippen LogP contribution in [-0.2, 0) is 11.4 Å². The molecule has 3 aromatic carbocycles. The van der Waals surface area contributed by atoms with Gasteiger partial charge in [0.25, 0.3) is 5.91 Å². The molecule has 162 valence electrons. The lowest BCUT2D eigenvalue weighted by Crippen LogP contribution is -2.13. The van der Waals surface area contributed by atoms with Crippen LogP contribution >= 0.6 is 0 Å². The summed E-state index contributed by atoms with van der Waals surface area (Å²) in [5.74, 6) is 0.560. The SMILES string of the molecule is COc1ccc(NC(=O)/C(C#N)=C/c2ccc(OCc3ccccc3F)c(OC)c2)cc1. The highest BCUT2D eigenvalue weighted by Gasteiger charge is 2.12. The first kappa shape index (κ1) is 22.4.